The minimum atomic E-state index is -0.575. The Kier molecular flexibility index (Phi) is 8.41. The lowest BCUT2D eigenvalue weighted by molar-refractivity contribution is -0.126. The molecule has 0 aliphatic heterocycles. The number of hydrogen-bond acceptors (Lipinski definition) is 3. The molecule has 5 heteroatoms. The van der Waals surface area contributed by atoms with Gasteiger partial charge < -0.3 is 10.6 Å². The third-order valence-electron chi connectivity index (χ3n) is 6.48. The zero-order valence-corrected chi connectivity index (χ0v) is 16.4. The number of hydrogen-bond donors (Lipinski definition) is 2. The van der Waals surface area contributed by atoms with Gasteiger partial charge in [0.15, 0.2) is 0 Å². The van der Waals surface area contributed by atoms with Gasteiger partial charge in [-0.05, 0) is 76.0 Å². The van der Waals surface area contributed by atoms with Gasteiger partial charge >= 0.3 is 0 Å². The van der Waals surface area contributed by atoms with Gasteiger partial charge in [-0.25, -0.2) is 0 Å². The van der Waals surface area contributed by atoms with E-state index in [1.165, 1.54) is 19.3 Å². The first-order valence-electron chi connectivity index (χ1n) is 10.5. The van der Waals surface area contributed by atoms with E-state index in [0.717, 1.165) is 51.0 Å². The van der Waals surface area contributed by atoms with Gasteiger partial charge in [-0.15, -0.1) is 0 Å². The summed E-state index contributed by atoms with van der Waals surface area (Å²) in [5.41, 5.74) is 0. The lowest BCUT2D eigenvalue weighted by Crippen LogP contribution is -2.38. The molecule has 2 amide bonds. The van der Waals surface area contributed by atoms with Crippen LogP contribution >= 0.6 is 0 Å². The van der Waals surface area contributed by atoms with Crippen molar-refractivity contribution in [2.45, 2.75) is 71.6 Å². The number of rotatable bonds is 7. The Bertz CT molecular complexity index is 498. The van der Waals surface area contributed by atoms with Crippen LogP contribution in [0.4, 0.5) is 0 Å². The Hall–Kier alpha value is -1.57. The van der Waals surface area contributed by atoms with E-state index in [1.807, 2.05) is 6.07 Å². The highest BCUT2D eigenvalue weighted by molar-refractivity contribution is 5.80. The zero-order valence-electron chi connectivity index (χ0n) is 16.4. The monoisotopic (exact) mass is 361 g/mol. The van der Waals surface area contributed by atoms with Crippen molar-refractivity contribution in [2.24, 2.45) is 29.6 Å². The third kappa shape index (κ3) is 6.30. The van der Waals surface area contributed by atoms with Crippen LogP contribution in [0.5, 0.6) is 0 Å². The third-order valence-corrected chi connectivity index (χ3v) is 6.48. The van der Waals surface area contributed by atoms with Gasteiger partial charge in [-0.1, -0.05) is 13.3 Å². The molecule has 2 aliphatic carbocycles. The van der Waals surface area contributed by atoms with Crippen LogP contribution < -0.4 is 10.6 Å². The summed E-state index contributed by atoms with van der Waals surface area (Å²) < 4.78 is 0. The fraction of sp³-hybridized carbons (Fsp3) is 0.857. The molecule has 1 atom stereocenters. The summed E-state index contributed by atoms with van der Waals surface area (Å²) in [6, 6.07) is 1.97. The maximum absolute atomic E-state index is 12.4. The van der Waals surface area contributed by atoms with Crippen LogP contribution in [0.15, 0.2) is 0 Å². The second-order valence-corrected chi connectivity index (χ2v) is 8.35. The average Bonchev–Trinajstić information content (AvgIpc) is 2.70. The molecule has 146 valence electrons. The van der Waals surface area contributed by atoms with E-state index in [-0.39, 0.29) is 17.7 Å². The molecule has 2 rings (SSSR count). The van der Waals surface area contributed by atoms with E-state index in [0.29, 0.717) is 18.4 Å². The SMILES string of the molecule is CCC1CCC(C(=O)NCC2CCC(CNC(=O)C(C)C#N)CC2)CC1. The number of nitrogens with one attached hydrogen (secondary N) is 2. The minimum absolute atomic E-state index is 0.167. The number of carbonyl (C=O) groups excluding carboxylic acids is 2. The molecule has 0 aromatic carbocycles. The molecular weight excluding hydrogens is 326 g/mol. The fourth-order valence-corrected chi connectivity index (χ4v) is 4.32. The first kappa shape index (κ1) is 20.7. The Morgan fingerprint density at radius 3 is 1.92 bits per heavy atom. The molecule has 0 saturated heterocycles. The predicted octanol–water partition coefficient (Wildman–Crippen LogP) is 3.40. The van der Waals surface area contributed by atoms with Crippen molar-refractivity contribution in [3.63, 3.8) is 0 Å². The summed E-state index contributed by atoms with van der Waals surface area (Å²) in [5, 5.41) is 14.8. The quantitative estimate of drug-likeness (QED) is 0.729. The van der Waals surface area contributed by atoms with E-state index < -0.39 is 5.92 Å². The van der Waals surface area contributed by atoms with Crippen molar-refractivity contribution in [1.29, 1.82) is 5.26 Å². The molecule has 26 heavy (non-hydrogen) atoms. The van der Waals surface area contributed by atoms with Gasteiger partial charge in [0, 0.05) is 19.0 Å². The van der Waals surface area contributed by atoms with Gasteiger partial charge in [0.05, 0.1) is 6.07 Å². The number of nitriles is 1. The van der Waals surface area contributed by atoms with Crippen molar-refractivity contribution in [1.82, 2.24) is 10.6 Å². The molecule has 2 N–H and O–H groups in total. The molecule has 0 aromatic rings. The number of nitrogens with zero attached hydrogens (tertiary/aromatic N) is 1. The van der Waals surface area contributed by atoms with Crippen LogP contribution in [-0.4, -0.2) is 24.9 Å². The highest BCUT2D eigenvalue weighted by Crippen LogP contribution is 2.31. The van der Waals surface area contributed by atoms with Crippen molar-refractivity contribution in [3.05, 3.63) is 0 Å². The van der Waals surface area contributed by atoms with E-state index in [2.05, 4.69) is 17.6 Å². The molecule has 0 spiro atoms. The molecule has 1 unspecified atom stereocenters. The Morgan fingerprint density at radius 1 is 0.923 bits per heavy atom. The maximum atomic E-state index is 12.4. The Labute approximate surface area is 158 Å². The predicted molar refractivity (Wildman–Crippen MR) is 102 cm³/mol. The Balaban J connectivity index is 1.59. The Morgan fingerprint density at radius 2 is 1.42 bits per heavy atom. The van der Waals surface area contributed by atoms with Crippen LogP contribution in [0.2, 0.25) is 0 Å². The summed E-state index contributed by atoms with van der Waals surface area (Å²) >= 11 is 0. The van der Waals surface area contributed by atoms with Gasteiger partial charge in [0.2, 0.25) is 11.8 Å². The van der Waals surface area contributed by atoms with Gasteiger partial charge in [-0.2, -0.15) is 5.26 Å². The molecular formula is C21H35N3O2. The highest BCUT2D eigenvalue weighted by Gasteiger charge is 2.27. The topological polar surface area (TPSA) is 82.0 Å². The summed E-state index contributed by atoms with van der Waals surface area (Å²) in [4.78, 5) is 24.1. The van der Waals surface area contributed by atoms with Gasteiger partial charge in [0.25, 0.3) is 0 Å². The molecule has 0 aromatic heterocycles. The van der Waals surface area contributed by atoms with Crippen LogP contribution in [0, 0.1) is 40.9 Å². The summed E-state index contributed by atoms with van der Waals surface area (Å²) in [6.07, 6.45) is 10.1. The van der Waals surface area contributed by atoms with E-state index in [9.17, 15) is 9.59 Å². The van der Waals surface area contributed by atoms with E-state index in [1.54, 1.807) is 6.92 Å². The average molecular weight is 362 g/mol. The second kappa shape index (κ2) is 10.5. The summed E-state index contributed by atoms with van der Waals surface area (Å²) in [6.45, 7) is 5.35. The number of carbonyl (C=O) groups is 2. The maximum Gasteiger partial charge on any atom is 0.237 e. The lowest BCUT2D eigenvalue weighted by Gasteiger charge is -2.30. The van der Waals surface area contributed by atoms with Crippen molar-refractivity contribution in [2.75, 3.05) is 13.1 Å². The molecule has 2 saturated carbocycles. The van der Waals surface area contributed by atoms with Gasteiger partial charge in [0.1, 0.15) is 5.92 Å². The standard InChI is InChI=1S/C21H35N3O2/c1-3-16-8-10-19(11-9-16)21(26)24-14-18-6-4-17(5-7-18)13-23-20(25)15(2)12-22/h15-19H,3-11,13-14H2,1-2H3,(H,23,25)(H,24,26). The van der Waals surface area contributed by atoms with Crippen molar-refractivity contribution in [3.8, 4) is 6.07 Å². The summed E-state index contributed by atoms with van der Waals surface area (Å²) in [5.74, 6) is 1.64. The first-order chi connectivity index (χ1) is 12.5. The van der Waals surface area contributed by atoms with E-state index in [4.69, 9.17) is 5.26 Å². The molecule has 0 radical (unpaired) electrons. The normalized spacial score (nSPS) is 30.0. The fourth-order valence-electron chi connectivity index (χ4n) is 4.32. The molecule has 0 heterocycles. The largest absolute Gasteiger partial charge is 0.356 e. The van der Waals surface area contributed by atoms with Crippen LogP contribution in [-0.2, 0) is 9.59 Å². The van der Waals surface area contributed by atoms with Crippen LogP contribution in [0.1, 0.15) is 71.6 Å². The molecule has 2 aliphatic rings. The zero-order chi connectivity index (χ0) is 18.9. The smallest absolute Gasteiger partial charge is 0.237 e. The highest BCUT2D eigenvalue weighted by atomic mass is 16.2. The van der Waals surface area contributed by atoms with Gasteiger partial charge in [-0.3, -0.25) is 9.59 Å². The molecule has 0 bridgehead atoms. The second-order valence-electron chi connectivity index (χ2n) is 8.35. The number of amides is 2. The van der Waals surface area contributed by atoms with Crippen molar-refractivity contribution >= 4 is 11.8 Å². The molecule has 5 nitrogen and oxygen atoms in total. The summed E-state index contributed by atoms with van der Waals surface area (Å²) in [7, 11) is 0. The molecule has 2 fully saturated rings. The van der Waals surface area contributed by atoms with Crippen molar-refractivity contribution < 1.29 is 9.59 Å². The van der Waals surface area contributed by atoms with E-state index >= 15 is 0 Å². The minimum Gasteiger partial charge on any atom is -0.356 e. The lowest BCUT2D eigenvalue weighted by atomic mass is 9.80. The van der Waals surface area contributed by atoms with Crippen LogP contribution in [0.25, 0.3) is 0 Å². The first-order valence-corrected chi connectivity index (χ1v) is 10.5. The van der Waals surface area contributed by atoms with Crippen LogP contribution in [0.3, 0.4) is 0 Å².